The summed E-state index contributed by atoms with van der Waals surface area (Å²) in [5, 5.41) is 21.6. The maximum atomic E-state index is 12.4. The van der Waals surface area contributed by atoms with Crippen molar-refractivity contribution < 1.29 is 9.90 Å². The summed E-state index contributed by atoms with van der Waals surface area (Å²) in [5.74, 6) is 0.143. The van der Waals surface area contributed by atoms with Crippen molar-refractivity contribution >= 4 is 34.3 Å². The molecule has 156 valence electrons. The summed E-state index contributed by atoms with van der Waals surface area (Å²) in [5.41, 5.74) is 3.06. The third-order valence-electron chi connectivity index (χ3n) is 5.80. The first-order valence-corrected chi connectivity index (χ1v) is 10.3. The Bertz CT molecular complexity index is 1340. The molecule has 2 N–H and O–H groups in total. The van der Waals surface area contributed by atoms with Gasteiger partial charge in [0.1, 0.15) is 0 Å². The zero-order valence-corrected chi connectivity index (χ0v) is 17.2. The summed E-state index contributed by atoms with van der Waals surface area (Å²) in [7, 11) is 2.06. The molecule has 3 heterocycles. The molecule has 0 atom stereocenters. The lowest BCUT2D eigenvalue weighted by Crippen LogP contribution is -2.46. The molecule has 5 rings (SSSR count). The molecular formula is C24H23N5O2. The van der Waals surface area contributed by atoms with Crippen LogP contribution in [-0.4, -0.2) is 59.0 Å². The number of fused-ring (bicyclic) bond motifs is 2. The number of aromatic amines is 1. The summed E-state index contributed by atoms with van der Waals surface area (Å²) >= 11 is 0. The Morgan fingerprint density at radius 2 is 1.90 bits per heavy atom. The van der Waals surface area contributed by atoms with E-state index in [-0.39, 0.29) is 11.8 Å². The number of hydrogen-bond donors (Lipinski definition) is 2. The van der Waals surface area contributed by atoms with Crippen molar-refractivity contribution in [1.29, 1.82) is 0 Å². The zero-order chi connectivity index (χ0) is 21.4. The Kier molecular flexibility index (Phi) is 4.88. The Balaban J connectivity index is 1.43. The largest absolute Gasteiger partial charge is 0.494 e. The molecule has 1 saturated heterocycles. The Morgan fingerprint density at radius 1 is 1.10 bits per heavy atom. The molecule has 0 unspecified atom stereocenters. The lowest BCUT2D eigenvalue weighted by atomic mass is 10.1. The molecule has 0 spiro atoms. The number of H-pyrrole nitrogens is 1. The lowest BCUT2D eigenvalue weighted by Gasteiger charge is -2.31. The fourth-order valence-corrected chi connectivity index (χ4v) is 3.97. The van der Waals surface area contributed by atoms with Crippen LogP contribution in [0.25, 0.3) is 22.7 Å². The summed E-state index contributed by atoms with van der Waals surface area (Å²) in [6.45, 7) is 3.27. The highest BCUT2D eigenvalue weighted by atomic mass is 16.3. The molecule has 31 heavy (non-hydrogen) atoms. The van der Waals surface area contributed by atoms with Gasteiger partial charge >= 0.3 is 0 Å². The Labute approximate surface area is 179 Å². The molecule has 7 nitrogen and oxygen atoms in total. The van der Waals surface area contributed by atoms with Crippen molar-refractivity contribution in [2.45, 2.75) is 0 Å². The average molecular weight is 413 g/mol. The van der Waals surface area contributed by atoms with E-state index in [0.717, 1.165) is 58.8 Å². The van der Waals surface area contributed by atoms with E-state index in [0.29, 0.717) is 5.70 Å². The van der Waals surface area contributed by atoms with Gasteiger partial charge in [0.25, 0.3) is 0 Å². The number of amides is 1. The third-order valence-corrected chi connectivity index (χ3v) is 5.80. The van der Waals surface area contributed by atoms with Gasteiger partial charge in [0.05, 0.1) is 11.4 Å². The standard InChI is InChI=1S/C24H23N5O2/c1-28-10-12-29(13-11-28)23(30)9-8-21-18-7-6-16(15-22(18)27-26-21)14-19-17-4-2-3-5-20(17)25-24(19)31/h2-9,14-15,25,31H,10-13H2,1H3. The fourth-order valence-electron chi connectivity index (χ4n) is 3.97. The Hall–Kier alpha value is -3.71. The second kappa shape index (κ2) is 7.85. The molecule has 1 amide bonds. The number of para-hydroxylation sites is 1. The van der Waals surface area contributed by atoms with E-state index in [2.05, 4.69) is 27.2 Å². The predicted molar refractivity (Wildman–Crippen MR) is 120 cm³/mol. The van der Waals surface area contributed by atoms with Gasteiger partial charge in [0.2, 0.25) is 5.91 Å². The molecule has 0 aliphatic carbocycles. The van der Waals surface area contributed by atoms with Crippen molar-refractivity contribution in [2.24, 2.45) is 10.2 Å². The van der Waals surface area contributed by atoms with Crippen LogP contribution in [0.3, 0.4) is 0 Å². The van der Waals surface area contributed by atoms with Crippen molar-refractivity contribution in [3.05, 3.63) is 70.6 Å². The van der Waals surface area contributed by atoms with Crippen LogP contribution in [0.4, 0.5) is 5.69 Å². The van der Waals surface area contributed by atoms with E-state index >= 15 is 0 Å². The Morgan fingerprint density at radius 3 is 2.74 bits per heavy atom. The van der Waals surface area contributed by atoms with Crippen LogP contribution in [0.15, 0.2) is 64.8 Å². The van der Waals surface area contributed by atoms with Crippen LogP contribution >= 0.6 is 0 Å². The van der Waals surface area contributed by atoms with E-state index in [4.69, 9.17) is 0 Å². The van der Waals surface area contributed by atoms with Gasteiger partial charge < -0.3 is 19.9 Å². The van der Waals surface area contributed by atoms with Gasteiger partial charge in [-0.3, -0.25) is 4.79 Å². The summed E-state index contributed by atoms with van der Waals surface area (Å²) in [6, 6.07) is 13.6. The maximum absolute atomic E-state index is 12.4. The molecule has 1 fully saturated rings. The number of nitrogens with one attached hydrogen (secondary N) is 1. The first-order chi connectivity index (χ1) is 15.1. The quantitative estimate of drug-likeness (QED) is 0.646. The van der Waals surface area contributed by atoms with E-state index < -0.39 is 0 Å². The lowest BCUT2D eigenvalue weighted by molar-refractivity contribution is -0.127. The average Bonchev–Trinajstić information content (AvgIpc) is 3.33. The van der Waals surface area contributed by atoms with Crippen molar-refractivity contribution in [3.8, 4) is 5.88 Å². The van der Waals surface area contributed by atoms with Crippen molar-refractivity contribution in [3.63, 3.8) is 0 Å². The third kappa shape index (κ3) is 3.75. The normalized spacial score (nSPS) is 17.3. The summed E-state index contributed by atoms with van der Waals surface area (Å²) in [6.07, 6.45) is 5.25. The minimum atomic E-state index is 0.00372. The monoisotopic (exact) mass is 413 g/mol. The minimum absolute atomic E-state index is 0.00372. The smallest absolute Gasteiger partial charge is 0.246 e. The predicted octanol–water partition coefficient (Wildman–Crippen LogP) is 2.24. The van der Waals surface area contributed by atoms with Gasteiger partial charge in [-0.25, -0.2) is 0 Å². The highest BCUT2D eigenvalue weighted by Gasteiger charge is 2.17. The second-order valence-corrected chi connectivity index (χ2v) is 7.90. The highest BCUT2D eigenvalue weighted by Crippen LogP contribution is 2.27. The topological polar surface area (TPSA) is 84.3 Å². The number of nitrogens with zero attached hydrogens (tertiary/aromatic N) is 4. The van der Waals surface area contributed by atoms with Crippen LogP contribution in [0.1, 0.15) is 5.56 Å². The molecule has 2 aliphatic heterocycles. The number of likely N-dealkylation sites (N-methyl/N-ethyl adjacent to an activating group) is 1. The SMILES string of the molecule is CN1CCN(C(=O)C=CC2=c3ccc(=Cc4c(O)[nH]c5ccccc45)cc3N=N2)CC1. The molecule has 0 bridgehead atoms. The number of carbonyl (C=O) groups excluding carboxylic acids is 1. The van der Waals surface area contributed by atoms with E-state index in [1.165, 1.54) is 0 Å². The molecule has 0 saturated carbocycles. The van der Waals surface area contributed by atoms with Gasteiger partial charge in [-0.2, -0.15) is 0 Å². The number of aromatic nitrogens is 1. The molecule has 2 aliphatic rings. The van der Waals surface area contributed by atoms with Crippen LogP contribution in [-0.2, 0) is 4.79 Å². The first-order valence-electron chi connectivity index (χ1n) is 10.3. The van der Waals surface area contributed by atoms with Gasteiger partial charge in [-0.15, -0.1) is 10.2 Å². The van der Waals surface area contributed by atoms with E-state index in [1.54, 1.807) is 12.2 Å². The number of carbonyl (C=O) groups is 1. The van der Waals surface area contributed by atoms with Crippen LogP contribution < -0.4 is 10.4 Å². The number of aromatic hydroxyl groups is 1. The molecule has 1 aromatic heterocycles. The molecule has 2 aromatic carbocycles. The van der Waals surface area contributed by atoms with Crippen LogP contribution in [0, 0.1) is 0 Å². The zero-order valence-electron chi connectivity index (χ0n) is 17.2. The number of benzene rings is 2. The first kappa shape index (κ1) is 19.3. The van der Waals surface area contributed by atoms with Crippen molar-refractivity contribution in [2.75, 3.05) is 33.2 Å². The second-order valence-electron chi connectivity index (χ2n) is 7.90. The summed E-state index contributed by atoms with van der Waals surface area (Å²) < 4.78 is 0. The van der Waals surface area contributed by atoms with Gasteiger partial charge in [0.15, 0.2) is 5.88 Å². The number of azo groups is 1. The fraction of sp³-hybridized carbons (Fsp3) is 0.208. The van der Waals surface area contributed by atoms with E-state index in [9.17, 15) is 9.90 Å². The highest BCUT2D eigenvalue weighted by molar-refractivity contribution is 5.92. The minimum Gasteiger partial charge on any atom is -0.494 e. The number of rotatable bonds is 3. The summed E-state index contributed by atoms with van der Waals surface area (Å²) in [4.78, 5) is 19.5. The molecule has 0 radical (unpaired) electrons. The van der Waals surface area contributed by atoms with E-state index in [1.807, 2.05) is 53.4 Å². The van der Waals surface area contributed by atoms with Gasteiger partial charge in [-0.1, -0.05) is 24.3 Å². The van der Waals surface area contributed by atoms with Crippen LogP contribution in [0.2, 0.25) is 0 Å². The number of hydrogen-bond acceptors (Lipinski definition) is 5. The number of piperazine rings is 1. The van der Waals surface area contributed by atoms with Gasteiger partial charge in [-0.05, 0) is 42.6 Å². The van der Waals surface area contributed by atoms with Gasteiger partial charge in [0, 0.05) is 53.9 Å². The van der Waals surface area contributed by atoms with Crippen LogP contribution in [0.5, 0.6) is 5.88 Å². The van der Waals surface area contributed by atoms with Crippen molar-refractivity contribution in [1.82, 2.24) is 14.8 Å². The maximum Gasteiger partial charge on any atom is 0.246 e. The molecule has 7 heteroatoms. The molecule has 3 aromatic rings. The molecular weight excluding hydrogens is 390 g/mol.